The van der Waals surface area contributed by atoms with E-state index in [0.29, 0.717) is 0 Å². The van der Waals surface area contributed by atoms with Crippen molar-refractivity contribution in [1.82, 2.24) is 4.90 Å². The molecule has 0 saturated carbocycles. The van der Waals surface area contributed by atoms with E-state index < -0.39 is 11.7 Å². The van der Waals surface area contributed by atoms with Gasteiger partial charge in [0.15, 0.2) is 0 Å². The summed E-state index contributed by atoms with van der Waals surface area (Å²) < 4.78 is 38.6. The maximum Gasteiger partial charge on any atom is 0.416 e. The topological polar surface area (TPSA) is 29.3 Å². The molecule has 0 bridgehead atoms. The van der Waals surface area contributed by atoms with E-state index in [4.69, 9.17) is 5.73 Å². The molecule has 0 fully saturated rings. The smallest absolute Gasteiger partial charge is 0.399 e. The van der Waals surface area contributed by atoms with Crippen LogP contribution in [-0.2, 0) is 12.7 Å². The Hall–Kier alpha value is -1.23. The summed E-state index contributed by atoms with van der Waals surface area (Å²) in [5, 5.41) is 0. The van der Waals surface area contributed by atoms with Crippen LogP contribution in [0.5, 0.6) is 0 Å². The highest BCUT2D eigenvalue weighted by Gasteiger charge is 2.33. The molecule has 0 radical (unpaired) electrons. The highest BCUT2D eigenvalue weighted by molar-refractivity contribution is 5.46. The minimum Gasteiger partial charge on any atom is -0.399 e. The SMILES string of the molecule is CCCCN(C)Cc1ccc(N)cc1C(F)(F)F. The van der Waals surface area contributed by atoms with Crippen LogP contribution < -0.4 is 5.73 Å². The van der Waals surface area contributed by atoms with Crippen molar-refractivity contribution >= 4 is 5.69 Å². The van der Waals surface area contributed by atoms with Crippen molar-refractivity contribution in [2.45, 2.75) is 32.5 Å². The Morgan fingerprint density at radius 3 is 2.50 bits per heavy atom. The highest BCUT2D eigenvalue weighted by atomic mass is 19.4. The fourth-order valence-corrected chi connectivity index (χ4v) is 1.79. The van der Waals surface area contributed by atoms with Crippen molar-refractivity contribution in [2.75, 3.05) is 19.3 Å². The minimum absolute atomic E-state index is 0.141. The van der Waals surface area contributed by atoms with Crippen LogP contribution >= 0.6 is 0 Å². The summed E-state index contributed by atoms with van der Waals surface area (Å²) in [6.07, 6.45) is -2.35. The Morgan fingerprint density at radius 2 is 1.94 bits per heavy atom. The van der Waals surface area contributed by atoms with E-state index in [9.17, 15) is 13.2 Å². The molecule has 0 heterocycles. The van der Waals surface area contributed by atoms with Gasteiger partial charge in [0.2, 0.25) is 0 Å². The van der Waals surface area contributed by atoms with Gasteiger partial charge < -0.3 is 10.6 Å². The molecule has 0 aliphatic carbocycles. The molecule has 0 spiro atoms. The molecule has 1 aromatic carbocycles. The number of anilines is 1. The average Bonchev–Trinajstić information content (AvgIpc) is 2.27. The van der Waals surface area contributed by atoms with E-state index in [1.165, 1.54) is 12.1 Å². The van der Waals surface area contributed by atoms with E-state index in [2.05, 4.69) is 6.92 Å². The molecule has 0 saturated heterocycles. The standard InChI is InChI=1S/C13H19F3N2/c1-3-4-7-18(2)9-10-5-6-11(17)8-12(10)13(14,15)16/h5-6,8H,3-4,7,9,17H2,1-2H3. The van der Waals surface area contributed by atoms with Crippen LogP contribution in [-0.4, -0.2) is 18.5 Å². The van der Waals surface area contributed by atoms with E-state index in [1.807, 2.05) is 11.9 Å². The van der Waals surface area contributed by atoms with Gasteiger partial charge in [-0.05, 0) is 37.7 Å². The number of unbranched alkanes of at least 4 members (excludes halogenated alkanes) is 1. The maximum absolute atomic E-state index is 12.9. The van der Waals surface area contributed by atoms with Crippen molar-refractivity contribution in [1.29, 1.82) is 0 Å². The van der Waals surface area contributed by atoms with Crippen LogP contribution in [0.4, 0.5) is 18.9 Å². The van der Waals surface area contributed by atoms with Gasteiger partial charge in [0.25, 0.3) is 0 Å². The Morgan fingerprint density at radius 1 is 1.28 bits per heavy atom. The number of nitrogens with zero attached hydrogens (tertiary/aromatic N) is 1. The lowest BCUT2D eigenvalue weighted by Crippen LogP contribution is -2.21. The van der Waals surface area contributed by atoms with E-state index in [-0.39, 0.29) is 17.8 Å². The normalized spacial score (nSPS) is 12.1. The summed E-state index contributed by atoms with van der Waals surface area (Å²) in [4.78, 5) is 1.89. The quantitative estimate of drug-likeness (QED) is 0.821. The second-order valence-corrected chi connectivity index (χ2v) is 4.51. The zero-order valence-electron chi connectivity index (χ0n) is 10.7. The van der Waals surface area contributed by atoms with Crippen molar-refractivity contribution in [3.8, 4) is 0 Å². The zero-order valence-corrected chi connectivity index (χ0v) is 10.7. The molecule has 0 amide bonds. The molecule has 0 atom stereocenters. The van der Waals surface area contributed by atoms with Crippen LogP contribution in [0.2, 0.25) is 0 Å². The van der Waals surface area contributed by atoms with Crippen molar-refractivity contribution in [3.63, 3.8) is 0 Å². The highest BCUT2D eigenvalue weighted by Crippen LogP contribution is 2.33. The van der Waals surface area contributed by atoms with Gasteiger partial charge in [-0.1, -0.05) is 19.4 Å². The molecule has 18 heavy (non-hydrogen) atoms. The first-order valence-electron chi connectivity index (χ1n) is 5.98. The molecule has 2 N–H and O–H groups in total. The number of nitrogens with two attached hydrogens (primary N) is 1. The predicted molar refractivity (Wildman–Crippen MR) is 67.1 cm³/mol. The van der Waals surface area contributed by atoms with Gasteiger partial charge in [-0.2, -0.15) is 13.2 Å². The van der Waals surface area contributed by atoms with Gasteiger partial charge >= 0.3 is 6.18 Å². The lowest BCUT2D eigenvalue weighted by Gasteiger charge is -2.20. The number of alkyl halides is 3. The lowest BCUT2D eigenvalue weighted by molar-refractivity contribution is -0.138. The second-order valence-electron chi connectivity index (χ2n) is 4.51. The van der Waals surface area contributed by atoms with Crippen LogP contribution in [0.1, 0.15) is 30.9 Å². The first-order valence-corrected chi connectivity index (χ1v) is 5.98. The average molecular weight is 260 g/mol. The Kier molecular flexibility index (Phi) is 5.02. The summed E-state index contributed by atoms with van der Waals surface area (Å²) in [7, 11) is 1.83. The number of halogens is 3. The first kappa shape index (κ1) is 14.8. The summed E-state index contributed by atoms with van der Waals surface area (Å²) in [5.74, 6) is 0. The number of hydrogen-bond acceptors (Lipinski definition) is 2. The molecule has 102 valence electrons. The van der Waals surface area contributed by atoms with E-state index in [1.54, 1.807) is 0 Å². The molecule has 5 heteroatoms. The number of benzene rings is 1. The summed E-state index contributed by atoms with van der Waals surface area (Å²) >= 11 is 0. The van der Waals surface area contributed by atoms with Crippen molar-refractivity contribution in [3.05, 3.63) is 29.3 Å². The molecule has 0 aliphatic heterocycles. The summed E-state index contributed by atoms with van der Waals surface area (Å²) in [6, 6.07) is 3.97. The molecule has 0 aromatic heterocycles. The van der Waals surface area contributed by atoms with Gasteiger partial charge in [-0.3, -0.25) is 0 Å². The van der Waals surface area contributed by atoms with Gasteiger partial charge in [-0.15, -0.1) is 0 Å². The number of hydrogen-bond donors (Lipinski definition) is 1. The van der Waals surface area contributed by atoms with E-state index in [0.717, 1.165) is 25.5 Å². The largest absolute Gasteiger partial charge is 0.416 e. The Balaban J connectivity index is 2.88. The molecule has 2 nitrogen and oxygen atoms in total. The van der Waals surface area contributed by atoms with Crippen molar-refractivity contribution in [2.24, 2.45) is 0 Å². The predicted octanol–water partition coefficient (Wildman–Crippen LogP) is 3.52. The number of nitrogen functional groups attached to an aromatic ring is 1. The third-order valence-corrected chi connectivity index (χ3v) is 2.77. The third kappa shape index (κ3) is 4.22. The van der Waals surface area contributed by atoms with E-state index >= 15 is 0 Å². The van der Waals surface area contributed by atoms with Crippen LogP contribution in [0.15, 0.2) is 18.2 Å². The van der Waals surface area contributed by atoms with Crippen LogP contribution in [0.25, 0.3) is 0 Å². The Bertz CT molecular complexity index is 388. The van der Waals surface area contributed by atoms with Crippen LogP contribution in [0.3, 0.4) is 0 Å². The van der Waals surface area contributed by atoms with Gasteiger partial charge in [0.05, 0.1) is 5.56 Å². The molecular formula is C13H19F3N2. The van der Waals surface area contributed by atoms with Crippen LogP contribution in [0, 0.1) is 0 Å². The molecule has 1 aromatic rings. The summed E-state index contributed by atoms with van der Waals surface area (Å²) in [5.41, 5.74) is 5.20. The van der Waals surface area contributed by atoms with Gasteiger partial charge in [0, 0.05) is 12.2 Å². The molecular weight excluding hydrogens is 241 g/mol. The first-order chi connectivity index (χ1) is 8.34. The minimum atomic E-state index is -4.35. The Labute approximate surface area is 106 Å². The van der Waals surface area contributed by atoms with Gasteiger partial charge in [-0.25, -0.2) is 0 Å². The maximum atomic E-state index is 12.9. The monoisotopic (exact) mass is 260 g/mol. The van der Waals surface area contributed by atoms with Crippen molar-refractivity contribution < 1.29 is 13.2 Å². The number of rotatable bonds is 5. The third-order valence-electron chi connectivity index (χ3n) is 2.77. The second kappa shape index (κ2) is 6.09. The molecule has 1 rings (SSSR count). The van der Waals surface area contributed by atoms with Gasteiger partial charge in [0.1, 0.15) is 0 Å². The lowest BCUT2D eigenvalue weighted by atomic mass is 10.1. The fraction of sp³-hybridized carbons (Fsp3) is 0.538. The molecule has 0 aliphatic rings. The molecule has 0 unspecified atom stereocenters. The summed E-state index contributed by atoms with van der Waals surface area (Å²) in [6.45, 7) is 3.13. The zero-order chi connectivity index (χ0) is 13.8. The fourth-order valence-electron chi connectivity index (χ4n) is 1.79.